The van der Waals surface area contributed by atoms with E-state index in [9.17, 15) is 13.9 Å². The van der Waals surface area contributed by atoms with E-state index < -0.39 is 16.7 Å². The highest BCUT2D eigenvalue weighted by Crippen LogP contribution is 2.61. The zero-order chi connectivity index (χ0) is 15.0. The van der Waals surface area contributed by atoms with Gasteiger partial charge in [0.2, 0.25) is 0 Å². The van der Waals surface area contributed by atoms with E-state index in [0.29, 0.717) is 31.8 Å². The van der Waals surface area contributed by atoms with Crippen molar-refractivity contribution in [3.8, 4) is 11.5 Å². The average Bonchev–Trinajstić information content (AvgIpc) is 2.68. The van der Waals surface area contributed by atoms with Crippen LogP contribution in [0.3, 0.4) is 0 Å². The lowest BCUT2D eigenvalue weighted by Crippen LogP contribution is -2.29. The third-order valence-corrected chi connectivity index (χ3v) is 5.38. The van der Waals surface area contributed by atoms with Crippen LogP contribution in [0.5, 0.6) is 11.5 Å². The van der Waals surface area contributed by atoms with Crippen LogP contribution in [0.4, 0.5) is 0 Å². The highest BCUT2D eigenvalue weighted by atomic mass is 32.3. The maximum Gasteiger partial charge on any atom is 0.278 e. The van der Waals surface area contributed by atoms with Gasteiger partial charge in [-0.1, -0.05) is 10.8 Å². The molecule has 1 amide bonds. The Bertz CT molecular complexity index is 576. The zero-order valence-electron chi connectivity index (χ0n) is 11.3. The molecule has 21 heavy (non-hydrogen) atoms. The average molecular weight is 315 g/mol. The predicted octanol–water partition coefficient (Wildman–Crippen LogP) is 1.71. The topological polar surface area (TPSA) is 99.5 Å². The molecule has 8 heteroatoms. The fourth-order valence-corrected chi connectivity index (χ4v) is 4.13. The Morgan fingerprint density at radius 3 is 2.71 bits per heavy atom. The number of hydrogen-bond acceptors (Lipinski definition) is 6. The molecule has 3 rings (SSSR count). The number of hydrogen-bond donors (Lipinski definition) is 3. The van der Waals surface area contributed by atoms with Crippen LogP contribution in [0.25, 0.3) is 0 Å². The molecule has 0 unspecified atom stereocenters. The molecule has 0 saturated heterocycles. The molecule has 0 spiro atoms. The number of carbonyl (C=O) groups excluding carboxylic acids is 1. The Morgan fingerprint density at radius 1 is 1.19 bits per heavy atom. The van der Waals surface area contributed by atoms with E-state index in [1.165, 1.54) is 6.07 Å². The van der Waals surface area contributed by atoms with Gasteiger partial charge in [-0.25, -0.2) is 4.31 Å². The van der Waals surface area contributed by atoms with E-state index in [2.05, 4.69) is 0 Å². The van der Waals surface area contributed by atoms with Crippen LogP contribution in [0, 0.1) is 0 Å². The fraction of sp³-hybridized carbons (Fsp3) is 0.462. The summed E-state index contributed by atoms with van der Waals surface area (Å²) in [7, 11) is -3.34. The highest BCUT2D eigenvalue weighted by molar-refractivity contribution is 8.23. The molecule has 7 nitrogen and oxygen atoms in total. The van der Waals surface area contributed by atoms with Crippen molar-refractivity contribution >= 4 is 16.7 Å². The lowest BCUT2D eigenvalue weighted by atomic mass is 10.1. The van der Waals surface area contributed by atoms with Gasteiger partial charge in [0, 0.05) is 13.2 Å². The normalized spacial score (nSPS) is 20.3. The second-order valence-electron chi connectivity index (χ2n) is 4.82. The first-order chi connectivity index (χ1) is 10.1. The van der Waals surface area contributed by atoms with Gasteiger partial charge in [-0.2, -0.15) is 0 Å². The van der Waals surface area contributed by atoms with Gasteiger partial charge in [-0.15, -0.1) is 0 Å². The van der Waals surface area contributed by atoms with Gasteiger partial charge in [-0.3, -0.25) is 13.9 Å². The van der Waals surface area contributed by atoms with Crippen LogP contribution < -0.4 is 9.47 Å². The Balaban J connectivity index is 1.98. The molecule has 1 aromatic carbocycles. The summed E-state index contributed by atoms with van der Waals surface area (Å²) in [5.41, 5.74) is 0.177. The van der Waals surface area contributed by atoms with E-state index in [1.807, 2.05) is 0 Å². The van der Waals surface area contributed by atoms with E-state index in [-0.39, 0.29) is 29.4 Å². The number of fused-ring (bicyclic) bond motifs is 3. The molecule has 116 valence electrons. The van der Waals surface area contributed by atoms with Crippen molar-refractivity contribution in [1.29, 1.82) is 0 Å². The van der Waals surface area contributed by atoms with Crippen LogP contribution in [0.15, 0.2) is 17.0 Å². The number of aliphatic hydroxyl groups is 1. The van der Waals surface area contributed by atoms with E-state index >= 15 is 0 Å². The molecule has 2 aliphatic rings. The molecule has 2 heterocycles. The fourth-order valence-electron chi connectivity index (χ4n) is 2.48. The third kappa shape index (κ3) is 2.24. The van der Waals surface area contributed by atoms with Crippen LogP contribution in [-0.4, -0.2) is 50.8 Å². The second-order valence-corrected chi connectivity index (χ2v) is 6.74. The number of benzene rings is 1. The van der Waals surface area contributed by atoms with Gasteiger partial charge in [0.1, 0.15) is 18.8 Å². The van der Waals surface area contributed by atoms with Crippen LogP contribution in [-0.2, 0) is 0 Å². The van der Waals surface area contributed by atoms with E-state index in [0.717, 1.165) is 4.31 Å². The van der Waals surface area contributed by atoms with Crippen LogP contribution >= 0.6 is 10.8 Å². The van der Waals surface area contributed by atoms with Gasteiger partial charge in [-0.05, 0) is 25.0 Å². The molecule has 0 atom stereocenters. The van der Waals surface area contributed by atoms with Crippen LogP contribution in [0.1, 0.15) is 23.2 Å². The number of carbonyl (C=O) groups is 1. The number of aliphatic hydroxyl groups excluding tert-OH is 1. The van der Waals surface area contributed by atoms with Crippen molar-refractivity contribution in [2.75, 3.05) is 26.4 Å². The number of rotatable bonds is 4. The number of unbranched alkanes of at least 4 members (excludes halogenated alkanes) is 1. The minimum atomic E-state index is -3.34. The Kier molecular flexibility index (Phi) is 3.70. The standard InChI is InChI=1S/C13H17NO6S/c15-6-2-1-5-14-13(16)11-10(21(14,17)18)4-3-9-12(11)20-8-7-19-9/h3-4,15,17-18H,1-2,5-8H2. The summed E-state index contributed by atoms with van der Waals surface area (Å²) >= 11 is 0. The first-order valence-corrected chi connectivity index (χ1v) is 8.21. The molecular formula is C13H17NO6S. The Morgan fingerprint density at radius 2 is 1.95 bits per heavy atom. The molecular weight excluding hydrogens is 298 g/mol. The summed E-state index contributed by atoms with van der Waals surface area (Å²) in [6.07, 6.45) is 0.985. The van der Waals surface area contributed by atoms with Crippen LogP contribution in [0.2, 0.25) is 0 Å². The zero-order valence-corrected chi connectivity index (χ0v) is 12.1. The quantitative estimate of drug-likeness (QED) is 0.732. The smallest absolute Gasteiger partial charge is 0.278 e. The molecule has 0 saturated carbocycles. The summed E-state index contributed by atoms with van der Waals surface area (Å²) in [4.78, 5) is 12.7. The van der Waals surface area contributed by atoms with Gasteiger partial charge in [0.15, 0.2) is 11.5 Å². The molecule has 0 fully saturated rings. The molecule has 0 aliphatic carbocycles. The van der Waals surface area contributed by atoms with Crippen molar-refractivity contribution in [3.63, 3.8) is 0 Å². The van der Waals surface area contributed by atoms with Crippen molar-refractivity contribution in [2.45, 2.75) is 17.7 Å². The number of nitrogens with zero attached hydrogens (tertiary/aromatic N) is 1. The second kappa shape index (κ2) is 5.38. The number of amides is 1. The first-order valence-electron chi connectivity index (χ1n) is 6.71. The van der Waals surface area contributed by atoms with E-state index in [1.54, 1.807) is 6.07 Å². The van der Waals surface area contributed by atoms with Crippen molar-refractivity contribution in [1.82, 2.24) is 4.31 Å². The summed E-state index contributed by atoms with van der Waals surface area (Å²) in [6, 6.07) is 3.09. The third-order valence-electron chi connectivity index (χ3n) is 3.48. The summed E-state index contributed by atoms with van der Waals surface area (Å²) in [5, 5.41) is 8.81. The lowest BCUT2D eigenvalue weighted by molar-refractivity contribution is 0.0849. The van der Waals surface area contributed by atoms with Crippen molar-refractivity contribution in [2.24, 2.45) is 0 Å². The van der Waals surface area contributed by atoms with Gasteiger partial charge in [0.05, 0.1) is 4.90 Å². The molecule has 0 radical (unpaired) electrons. The first kappa shape index (κ1) is 14.5. The van der Waals surface area contributed by atoms with E-state index in [4.69, 9.17) is 14.6 Å². The monoisotopic (exact) mass is 315 g/mol. The summed E-state index contributed by atoms with van der Waals surface area (Å²) in [5.74, 6) is 0.263. The molecule has 0 bridgehead atoms. The predicted molar refractivity (Wildman–Crippen MR) is 75.9 cm³/mol. The lowest BCUT2D eigenvalue weighted by Gasteiger charge is -2.36. The maximum absolute atomic E-state index is 12.5. The molecule has 0 aromatic heterocycles. The van der Waals surface area contributed by atoms with Gasteiger partial charge >= 0.3 is 0 Å². The minimum Gasteiger partial charge on any atom is -0.486 e. The maximum atomic E-state index is 12.5. The highest BCUT2D eigenvalue weighted by Gasteiger charge is 2.44. The number of ether oxygens (including phenoxy) is 2. The van der Waals surface area contributed by atoms with Gasteiger partial charge in [0.25, 0.3) is 5.91 Å². The molecule has 3 N–H and O–H groups in total. The SMILES string of the molecule is O=C1c2c(ccc3c2OCCO3)S(O)(O)N1CCCCO. The van der Waals surface area contributed by atoms with Gasteiger partial charge < -0.3 is 14.6 Å². The summed E-state index contributed by atoms with van der Waals surface area (Å²) < 4.78 is 32.7. The summed E-state index contributed by atoms with van der Waals surface area (Å²) in [6.45, 7) is 0.892. The van der Waals surface area contributed by atoms with Crippen molar-refractivity contribution in [3.05, 3.63) is 17.7 Å². The Hall–Kier alpha value is -1.48. The van der Waals surface area contributed by atoms with Crippen molar-refractivity contribution < 1.29 is 28.5 Å². The molecule has 2 aliphatic heterocycles. The largest absolute Gasteiger partial charge is 0.486 e. The Labute approximate surface area is 123 Å². The molecule has 1 aromatic rings. The minimum absolute atomic E-state index is 0.000515.